The first-order valence-electron chi connectivity index (χ1n) is 10.7. The minimum Gasteiger partial charge on any atom is -0.497 e. The maximum absolute atomic E-state index is 12.5. The Morgan fingerprint density at radius 1 is 1.09 bits per heavy atom. The van der Waals surface area contributed by atoms with Gasteiger partial charge in [0, 0.05) is 12.6 Å². The van der Waals surface area contributed by atoms with Crippen LogP contribution in [-0.2, 0) is 6.54 Å². The number of thiophene rings is 1. The number of nitrogens with one attached hydrogen (secondary N) is 1. The number of para-hydroxylation sites is 2. The number of ether oxygens (including phenoxy) is 2. The highest BCUT2D eigenvalue weighted by Gasteiger charge is 2.19. The van der Waals surface area contributed by atoms with Gasteiger partial charge in [0.15, 0.2) is 0 Å². The summed E-state index contributed by atoms with van der Waals surface area (Å²) < 4.78 is 13.3. The van der Waals surface area contributed by atoms with E-state index in [1.165, 1.54) is 11.3 Å². The standard InChI is InChI=1S/C25H27N3O3S/c1-18(26-25(29)23-13-8-16-32-23)24-27-21-11-3-4-12-22(21)28(24)14-5-6-15-31-20-10-7-9-19(17-20)30-2/h3-4,7-13,16-18H,5-6,14-15H2,1-2H3,(H,26,29). The number of hydrogen-bond donors (Lipinski definition) is 1. The second-order valence-corrected chi connectivity index (χ2v) is 8.47. The van der Waals surface area contributed by atoms with E-state index in [0.717, 1.165) is 47.7 Å². The number of unbranched alkanes of at least 4 members (excludes halogenated alkanes) is 1. The zero-order valence-electron chi connectivity index (χ0n) is 18.3. The average molecular weight is 450 g/mol. The highest BCUT2D eigenvalue weighted by atomic mass is 32.1. The molecule has 0 aliphatic rings. The molecule has 166 valence electrons. The molecule has 2 aromatic carbocycles. The molecule has 1 N–H and O–H groups in total. The SMILES string of the molecule is COc1cccc(OCCCCn2c(C(C)NC(=O)c3cccs3)nc3ccccc32)c1. The van der Waals surface area contributed by atoms with Gasteiger partial charge in [-0.2, -0.15) is 0 Å². The second-order valence-electron chi connectivity index (χ2n) is 7.52. The summed E-state index contributed by atoms with van der Waals surface area (Å²) in [5.41, 5.74) is 2.01. The molecule has 4 aromatic rings. The molecule has 0 radical (unpaired) electrons. The molecule has 2 heterocycles. The van der Waals surface area contributed by atoms with E-state index in [2.05, 4.69) is 16.0 Å². The molecule has 1 atom stereocenters. The summed E-state index contributed by atoms with van der Waals surface area (Å²) in [5, 5.41) is 4.99. The third-order valence-electron chi connectivity index (χ3n) is 5.25. The van der Waals surface area contributed by atoms with Gasteiger partial charge in [-0.05, 0) is 55.5 Å². The Kier molecular flexibility index (Phi) is 7.07. The number of methoxy groups -OCH3 is 1. The predicted octanol–water partition coefficient (Wildman–Crippen LogP) is 5.46. The number of nitrogens with zero attached hydrogens (tertiary/aromatic N) is 2. The van der Waals surface area contributed by atoms with Crippen molar-refractivity contribution < 1.29 is 14.3 Å². The van der Waals surface area contributed by atoms with Crippen LogP contribution in [0.1, 0.15) is 41.3 Å². The molecule has 2 aromatic heterocycles. The average Bonchev–Trinajstić information content (AvgIpc) is 3.48. The molecule has 32 heavy (non-hydrogen) atoms. The first kappa shape index (κ1) is 21.9. The number of carbonyl (C=O) groups excluding carboxylic acids is 1. The Morgan fingerprint density at radius 3 is 2.75 bits per heavy atom. The number of hydrogen-bond acceptors (Lipinski definition) is 5. The van der Waals surface area contributed by atoms with Gasteiger partial charge in [0.1, 0.15) is 17.3 Å². The van der Waals surface area contributed by atoms with Crippen LogP contribution in [0.25, 0.3) is 11.0 Å². The second kappa shape index (κ2) is 10.3. The summed E-state index contributed by atoms with van der Waals surface area (Å²) in [5.74, 6) is 2.39. The molecule has 0 saturated heterocycles. The van der Waals surface area contributed by atoms with Gasteiger partial charge in [-0.3, -0.25) is 4.79 Å². The van der Waals surface area contributed by atoms with Crippen molar-refractivity contribution in [3.8, 4) is 11.5 Å². The van der Waals surface area contributed by atoms with E-state index in [1.54, 1.807) is 7.11 Å². The molecule has 7 heteroatoms. The number of aryl methyl sites for hydroxylation is 1. The lowest BCUT2D eigenvalue weighted by atomic mass is 10.2. The normalized spacial score (nSPS) is 11.9. The van der Waals surface area contributed by atoms with E-state index in [1.807, 2.05) is 66.9 Å². The molecule has 0 fully saturated rings. The van der Waals surface area contributed by atoms with Gasteiger partial charge in [0.05, 0.1) is 35.7 Å². The Morgan fingerprint density at radius 2 is 1.94 bits per heavy atom. The predicted molar refractivity (Wildman–Crippen MR) is 128 cm³/mol. The van der Waals surface area contributed by atoms with E-state index >= 15 is 0 Å². The molecule has 4 rings (SSSR count). The Labute approximate surface area is 191 Å². The molecular formula is C25H27N3O3S. The van der Waals surface area contributed by atoms with Crippen molar-refractivity contribution in [2.24, 2.45) is 0 Å². The molecule has 1 amide bonds. The van der Waals surface area contributed by atoms with E-state index in [9.17, 15) is 4.79 Å². The number of fused-ring (bicyclic) bond motifs is 1. The van der Waals surface area contributed by atoms with Crippen molar-refractivity contribution in [2.45, 2.75) is 32.4 Å². The van der Waals surface area contributed by atoms with Crippen LogP contribution in [0.2, 0.25) is 0 Å². The summed E-state index contributed by atoms with van der Waals surface area (Å²) in [6.45, 7) is 3.41. The van der Waals surface area contributed by atoms with Gasteiger partial charge >= 0.3 is 0 Å². The summed E-state index contributed by atoms with van der Waals surface area (Å²) in [6.07, 6.45) is 1.84. The smallest absolute Gasteiger partial charge is 0.261 e. The Balaban J connectivity index is 1.40. The van der Waals surface area contributed by atoms with Crippen molar-refractivity contribution in [3.63, 3.8) is 0 Å². The molecule has 0 saturated carbocycles. The van der Waals surface area contributed by atoms with Gasteiger partial charge < -0.3 is 19.4 Å². The fourth-order valence-electron chi connectivity index (χ4n) is 3.65. The highest BCUT2D eigenvalue weighted by Crippen LogP contribution is 2.23. The minimum atomic E-state index is -0.204. The number of carbonyl (C=O) groups is 1. The summed E-state index contributed by atoms with van der Waals surface area (Å²) in [6, 6.07) is 19.2. The van der Waals surface area contributed by atoms with E-state index in [-0.39, 0.29) is 11.9 Å². The van der Waals surface area contributed by atoms with Crippen LogP contribution in [-0.4, -0.2) is 29.2 Å². The molecule has 0 aliphatic heterocycles. The van der Waals surface area contributed by atoms with Gasteiger partial charge in [0.25, 0.3) is 5.91 Å². The zero-order valence-corrected chi connectivity index (χ0v) is 19.1. The van der Waals surface area contributed by atoms with Crippen LogP contribution in [0.5, 0.6) is 11.5 Å². The van der Waals surface area contributed by atoms with Crippen LogP contribution >= 0.6 is 11.3 Å². The third kappa shape index (κ3) is 5.11. The first-order chi connectivity index (χ1) is 15.7. The topological polar surface area (TPSA) is 65.4 Å². The summed E-state index contributed by atoms with van der Waals surface area (Å²) >= 11 is 1.44. The first-order valence-corrected chi connectivity index (χ1v) is 11.6. The largest absolute Gasteiger partial charge is 0.497 e. The lowest BCUT2D eigenvalue weighted by molar-refractivity contribution is 0.0941. The molecule has 1 unspecified atom stereocenters. The minimum absolute atomic E-state index is 0.0715. The van der Waals surface area contributed by atoms with Crippen LogP contribution in [0.3, 0.4) is 0 Å². The molecule has 0 spiro atoms. The number of imidazole rings is 1. The lowest BCUT2D eigenvalue weighted by Crippen LogP contribution is -2.28. The van der Waals surface area contributed by atoms with E-state index < -0.39 is 0 Å². The zero-order chi connectivity index (χ0) is 22.3. The molecular weight excluding hydrogens is 422 g/mol. The van der Waals surface area contributed by atoms with E-state index in [4.69, 9.17) is 14.5 Å². The van der Waals surface area contributed by atoms with Gasteiger partial charge in [-0.15, -0.1) is 11.3 Å². The quantitative estimate of drug-likeness (QED) is 0.327. The number of benzene rings is 2. The molecule has 0 aliphatic carbocycles. The fourth-order valence-corrected chi connectivity index (χ4v) is 4.28. The van der Waals surface area contributed by atoms with Crippen LogP contribution in [0.4, 0.5) is 0 Å². The van der Waals surface area contributed by atoms with Crippen molar-refractivity contribution in [2.75, 3.05) is 13.7 Å². The van der Waals surface area contributed by atoms with Crippen LogP contribution < -0.4 is 14.8 Å². The molecule has 6 nitrogen and oxygen atoms in total. The van der Waals surface area contributed by atoms with Gasteiger partial charge in [-0.1, -0.05) is 24.3 Å². The Bertz CT molecular complexity index is 1170. The van der Waals surface area contributed by atoms with Gasteiger partial charge in [0.2, 0.25) is 0 Å². The maximum atomic E-state index is 12.5. The van der Waals surface area contributed by atoms with Gasteiger partial charge in [-0.25, -0.2) is 4.98 Å². The fraction of sp³-hybridized carbons (Fsp3) is 0.280. The van der Waals surface area contributed by atoms with E-state index in [0.29, 0.717) is 11.5 Å². The summed E-state index contributed by atoms with van der Waals surface area (Å²) in [4.78, 5) is 18.1. The Hall–Kier alpha value is -3.32. The number of aromatic nitrogens is 2. The van der Waals surface area contributed by atoms with Crippen molar-refractivity contribution in [3.05, 3.63) is 76.7 Å². The monoisotopic (exact) mass is 449 g/mol. The number of rotatable bonds is 10. The third-order valence-corrected chi connectivity index (χ3v) is 6.12. The lowest BCUT2D eigenvalue weighted by Gasteiger charge is -2.16. The van der Waals surface area contributed by atoms with Crippen molar-refractivity contribution in [1.29, 1.82) is 0 Å². The maximum Gasteiger partial charge on any atom is 0.261 e. The summed E-state index contributed by atoms with van der Waals surface area (Å²) in [7, 11) is 1.65. The molecule has 0 bridgehead atoms. The van der Waals surface area contributed by atoms with Crippen molar-refractivity contribution >= 4 is 28.3 Å². The number of amides is 1. The van der Waals surface area contributed by atoms with Crippen LogP contribution in [0, 0.1) is 0 Å². The van der Waals surface area contributed by atoms with Crippen LogP contribution in [0.15, 0.2) is 66.0 Å². The van der Waals surface area contributed by atoms with Crippen molar-refractivity contribution in [1.82, 2.24) is 14.9 Å². The highest BCUT2D eigenvalue weighted by molar-refractivity contribution is 7.12.